The number of hydrogen-bond donors (Lipinski definition) is 1. The first kappa shape index (κ1) is 29.1. The molecule has 11 heteroatoms. The Kier molecular flexibility index (Phi) is 9.18. The summed E-state index contributed by atoms with van der Waals surface area (Å²) in [7, 11) is -2.27. The fourth-order valence-electron chi connectivity index (χ4n) is 4.78. The molecule has 0 atom stereocenters. The lowest BCUT2D eigenvalue weighted by Crippen LogP contribution is -2.37. The van der Waals surface area contributed by atoms with Crippen molar-refractivity contribution in [2.24, 2.45) is 0 Å². The largest absolute Gasteiger partial charge is 0.497 e. The van der Waals surface area contributed by atoms with Gasteiger partial charge in [-0.15, -0.1) is 11.3 Å². The number of anilines is 1. The van der Waals surface area contributed by atoms with Crippen LogP contribution in [0.1, 0.15) is 31.7 Å². The minimum atomic E-state index is -3.97. The second-order valence-electron chi connectivity index (χ2n) is 9.32. The summed E-state index contributed by atoms with van der Waals surface area (Å²) >= 11 is 5.29. The van der Waals surface area contributed by atoms with E-state index in [9.17, 15) is 8.42 Å². The summed E-state index contributed by atoms with van der Waals surface area (Å²) in [6.07, 6.45) is 5.73. The summed E-state index contributed by atoms with van der Waals surface area (Å²) in [5.74, 6) is 0.569. The predicted octanol–water partition coefficient (Wildman–Crippen LogP) is 6.97. The van der Waals surface area contributed by atoms with Crippen LogP contribution in [-0.2, 0) is 21.4 Å². The number of benzene rings is 2. The molecule has 0 saturated heterocycles. The maximum Gasteiger partial charge on any atom is 0.264 e. The molecule has 1 aliphatic heterocycles. The summed E-state index contributed by atoms with van der Waals surface area (Å²) in [6, 6.07) is 12.8. The maximum atomic E-state index is 11.0. The number of methoxy groups -OCH3 is 1. The summed E-state index contributed by atoms with van der Waals surface area (Å²) in [4.78, 5) is 3.56. The van der Waals surface area contributed by atoms with Gasteiger partial charge in [-0.05, 0) is 67.1 Å². The van der Waals surface area contributed by atoms with E-state index in [1.165, 1.54) is 41.5 Å². The van der Waals surface area contributed by atoms with Crippen LogP contribution in [-0.4, -0.2) is 45.6 Å². The lowest BCUT2D eigenvalue weighted by molar-refractivity contribution is -0.669. The number of thiazole rings is 1. The van der Waals surface area contributed by atoms with Crippen LogP contribution in [0.4, 0.5) is 5.69 Å². The molecule has 0 amide bonds. The van der Waals surface area contributed by atoms with Crippen LogP contribution in [0.5, 0.6) is 5.75 Å². The van der Waals surface area contributed by atoms with E-state index in [2.05, 4.69) is 71.2 Å². The van der Waals surface area contributed by atoms with E-state index in [1.54, 1.807) is 41.5 Å². The van der Waals surface area contributed by atoms with Gasteiger partial charge in [0.15, 0.2) is 6.54 Å². The number of thioether (sulfide) groups is 1. The van der Waals surface area contributed by atoms with Crippen molar-refractivity contribution in [2.45, 2.75) is 38.1 Å². The van der Waals surface area contributed by atoms with Gasteiger partial charge in [-0.1, -0.05) is 30.0 Å². The van der Waals surface area contributed by atoms with Crippen molar-refractivity contribution in [1.82, 2.24) is 0 Å². The second kappa shape index (κ2) is 12.6. The van der Waals surface area contributed by atoms with E-state index in [0.29, 0.717) is 13.2 Å². The average Bonchev–Trinajstić information content (AvgIpc) is 3.63. The van der Waals surface area contributed by atoms with Crippen LogP contribution in [0.15, 0.2) is 63.4 Å². The van der Waals surface area contributed by atoms with Crippen molar-refractivity contribution in [1.29, 1.82) is 0 Å². The highest BCUT2D eigenvalue weighted by atomic mass is 32.2. The van der Waals surface area contributed by atoms with Crippen molar-refractivity contribution in [3.8, 4) is 5.75 Å². The van der Waals surface area contributed by atoms with Gasteiger partial charge in [-0.3, -0.25) is 4.55 Å². The Morgan fingerprint density at radius 1 is 1.12 bits per heavy atom. The Morgan fingerprint density at radius 3 is 2.70 bits per heavy atom. The topological polar surface area (TPSA) is 80.0 Å². The highest BCUT2D eigenvalue weighted by Gasteiger charge is 2.26. The van der Waals surface area contributed by atoms with E-state index in [-0.39, 0.29) is 18.8 Å². The molecule has 0 radical (unpaired) electrons. The number of rotatable bonds is 12. The van der Waals surface area contributed by atoms with Gasteiger partial charge in [0.2, 0.25) is 5.52 Å². The summed E-state index contributed by atoms with van der Waals surface area (Å²) in [6.45, 7) is 6.58. The molecule has 0 spiro atoms. The van der Waals surface area contributed by atoms with Crippen molar-refractivity contribution in [2.75, 3.05) is 37.5 Å². The Balaban J connectivity index is 1.46. The molecule has 0 bridgehead atoms. The minimum Gasteiger partial charge on any atom is -0.497 e. The van der Waals surface area contributed by atoms with Gasteiger partial charge < -0.3 is 14.4 Å². The van der Waals surface area contributed by atoms with Crippen molar-refractivity contribution >= 4 is 76.6 Å². The first-order chi connectivity index (χ1) is 19.3. The minimum absolute atomic E-state index is 0.267. The molecule has 40 heavy (non-hydrogen) atoms. The van der Waals surface area contributed by atoms with Crippen LogP contribution >= 0.6 is 34.4 Å². The molecule has 1 N–H and O–H groups in total. The van der Waals surface area contributed by atoms with E-state index in [1.807, 2.05) is 6.07 Å². The van der Waals surface area contributed by atoms with Crippen LogP contribution in [0, 0.1) is 0 Å². The molecular weight excluding hydrogens is 585 g/mol. The lowest BCUT2D eigenvalue weighted by atomic mass is 10.2. The number of ether oxygens (including phenoxy) is 2. The Morgan fingerprint density at radius 2 is 1.95 bits per heavy atom. The molecular formula is C29H33N2O5S4+. The SMILES string of the molecule is CCC(=Cc1sc2ccc3sccc3c2[n+]1CCOCCCS(=O)(=O)O)C=C1Sc2ccc(OC)cc2N1CC. The molecule has 7 nitrogen and oxygen atoms in total. The number of aromatic nitrogens is 1. The molecule has 0 unspecified atom stereocenters. The number of allylic oxidation sites excluding steroid dienone is 2. The molecule has 0 aliphatic carbocycles. The first-order valence-corrected chi connectivity index (χ1v) is 17.3. The normalized spacial score (nSPS) is 15.1. The summed E-state index contributed by atoms with van der Waals surface area (Å²) in [5, 5.41) is 5.70. The highest BCUT2D eigenvalue weighted by Crippen LogP contribution is 2.47. The monoisotopic (exact) mass is 617 g/mol. The molecule has 2 aromatic heterocycles. The lowest BCUT2D eigenvalue weighted by Gasteiger charge is -2.18. The smallest absolute Gasteiger partial charge is 0.264 e. The van der Waals surface area contributed by atoms with Gasteiger partial charge in [0, 0.05) is 34.9 Å². The van der Waals surface area contributed by atoms with E-state index in [0.717, 1.165) is 23.7 Å². The zero-order valence-corrected chi connectivity index (χ0v) is 26.0. The van der Waals surface area contributed by atoms with Crippen LogP contribution in [0.2, 0.25) is 0 Å². The molecule has 1 aliphatic rings. The van der Waals surface area contributed by atoms with Crippen LogP contribution < -0.4 is 14.2 Å². The summed E-state index contributed by atoms with van der Waals surface area (Å²) < 4.78 is 47.0. The van der Waals surface area contributed by atoms with Gasteiger partial charge in [0.25, 0.3) is 15.1 Å². The fraction of sp³-hybridized carbons (Fsp3) is 0.345. The van der Waals surface area contributed by atoms with Crippen molar-refractivity contribution in [3.05, 3.63) is 63.5 Å². The predicted molar refractivity (Wildman–Crippen MR) is 167 cm³/mol. The molecule has 3 heterocycles. The number of thiophene rings is 1. The highest BCUT2D eigenvalue weighted by molar-refractivity contribution is 8.03. The van der Waals surface area contributed by atoms with Crippen LogP contribution in [0.3, 0.4) is 0 Å². The molecule has 0 fully saturated rings. The van der Waals surface area contributed by atoms with Gasteiger partial charge in [0.1, 0.15) is 17.1 Å². The number of hydrogen-bond acceptors (Lipinski definition) is 8. The Bertz CT molecular complexity index is 1690. The van der Waals surface area contributed by atoms with Gasteiger partial charge in [-0.25, -0.2) is 0 Å². The molecule has 212 valence electrons. The zero-order chi connectivity index (χ0) is 28.3. The third kappa shape index (κ3) is 6.40. The second-order valence-corrected chi connectivity index (χ2v) is 14.0. The summed E-state index contributed by atoms with van der Waals surface area (Å²) in [5.41, 5.74) is 3.61. The molecule has 2 aromatic carbocycles. The first-order valence-electron chi connectivity index (χ1n) is 13.2. The molecule has 0 saturated carbocycles. The van der Waals surface area contributed by atoms with Crippen molar-refractivity contribution < 1.29 is 27.0 Å². The zero-order valence-electron chi connectivity index (χ0n) is 22.8. The van der Waals surface area contributed by atoms with E-state index < -0.39 is 10.1 Å². The molecule has 5 rings (SSSR count). The third-order valence-corrected chi connectivity index (χ3v) is 10.6. The number of nitrogens with zero attached hydrogens (tertiary/aromatic N) is 2. The van der Waals surface area contributed by atoms with Gasteiger partial charge >= 0.3 is 0 Å². The average molecular weight is 618 g/mol. The van der Waals surface area contributed by atoms with E-state index in [4.69, 9.17) is 14.0 Å². The molecule has 4 aromatic rings. The Labute approximate surface area is 247 Å². The standard InChI is InChI=1S/C29H32N2O5S4/c1-4-20(17-27-30(5-2)23-19-21(35-3)7-8-25(23)38-27)18-28-31(12-14-36-13-6-16-40(32,33)34)29-22-11-15-37-24(22)9-10-26(29)39-28/h7-11,15,17-19H,4-6,12-14,16H2,1-3H3/p+1. The number of fused-ring (bicyclic) bond motifs is 4. The van der Waals surface area contributed by atoms with E-state index >= 15 is 0 Å². The Hall–Kier alpha value is -2.41. The van der Waals surface area contributed by atoms with Crippen molar-refractivity contribution in [3.63, 3.8) is 0 Å². The third-order valence-electron chi connectivity index (χ3n) is 6.75. The van der Waals surface area contributed by atoms with Gasteiger partial charge in [0.05, 0.1) is 29.0 Å². The quantitative estimate of drug-likeness (QED) is 0.104. The van der Waals surface area contributed by atoms with Gasteiger partial charge in [-0.2, -0.15) is 13.0 Å². The fourth-order valence-corrected chi connectivity index (χ4v) is 8.42. The maximum absolute atomic E-state index is 11.0. The van der Waals surface area contributed by atoms with Crippen LogP contribution in [0.25, 0.3) is 26.4 Å².